The fourth-order valence-corrected chi connectivity index (χ4v) is 0.792. The van der Waals surface area contributed by atoms with Gasteiger partial charge in [-0.05, 0) is 13.8 Å². The van der Waals surface area contributed by atoms with Crippen LogP contribution in [0.1, 0.15) is 13.8 Å². The highest BCUT2D eigenvalue weighted by Crippen LogP contribution is 2.14. The molecule has 0 aromatic carbocycles. The third-order valence-corrected chi connectivity index (χ3v) is 1.29. The maximum absolute atomic E-state index is 10.3. The lowest BCUT2D eigenvalue weighted by molar-refractivity contribution is -0.385. The Bertz CT molecular complexity index is 295. The molecule has 0 saturated carbocycles. The third kappa shape index (κ3) is 2.70. The second kappa shape index (κ2) is 3.84. The van der Waals surface area contributed by atoms with Crippen LogP contribution in [-0.2, 0) is 0 Å². The van der Waals surface area contributed by atoms with Crippen molar-refractivity contribution in [3.63, 3.8) is 0 Å². The topological polar surface area (TPSA) is 65.3 Å². The minimum Gasteiger partial charge on any atom is -0.475 e. The average molecular weight is 182 g/mol. The Kier molecular flexibility index (Phi) is 2.79. The molecule has 0 amide bonds. The van der Waals surface area contributed by atoms with Gasteiger partial charge in [-0.15, -0.1) is 0 Å². The molecule has 0 aliphatic carbocycles. The zero-order chi connectivity index (χ0) is 9.84. The van der Waals surface area contributed by atoms with Gasteiger partial charge in [0.1, 0.15) is 6.20 Å². The van der Waals surface area contributed by atoms with Crippen molar-refractivity contribution in [3.05, 3.63) is 28.4 Å². The molecular formula is C8H10N2O3. The largest absolute Gasteiger partial charge is 0.475 e. The molecule has 5 heteroatoms. The lowest BCUT2D eigenvalue weighted by atomic mass is 10.4. The van der Waals surface area contributed by atoms with E-state index < -0.39 is 4.92 Å². The minimum absolute atomic E-state index is 0.0222. The molecule has 0 aliphatic heterocycles. The molecular weight excluding hydrogens is 172 g/mol. The highest BCUT2D eigenvalue weighted by Gasteiger charge is 2.06. The van der Waals surface area contributed by atoms with Gasteiger partial charge in [0.2, 0.25) is 5.88 Å². The van der Waals surface area contributed by atoms with Crippen LogP contribution < -0.4 is 4.74 Å². The molecule has 0 saturated heterocycles. The van der Waals surface area contributed by atoms with E-state index in [1.165, 1.54) is 18.3 Å². The number of hydrogen-bond acceptors (Lipinski definition) is 4. The molecule has 0 N–H and O–H groups in total. The van der Waals surface area contributed by atoms with Crippen LogP contribution in [0, 0.1) is 10.1 Å². The summed E-state index contributed by atoms with van der Waals surface area (Å²) < 4.78 is 5.22. The van der Waals surface area contributed by atoms with E-state index in [9.17, 15) is 10.1 Å². The van der Waals surface area contributed by atoms with Gasteiger partial charge in [-0.3, -0.25) is 10.1 Å². The first-order valence-electron chi connectivity index (χ1n) is 3.86. The smallest absolute Gasteiger partial charge is 0.287 e. The zero-order valence-corrected chi connectivity index (χ0v) is 7.43. The number of nitrogens with zero attached hydrogens (tertiary/aromatic N) is 2. The van der Waals surface area contributed by atoms with Crippen LogP contribution in [0.15, 0.2) is 18.3 Å². The van der Waals surface area contributed by atoms with E-state index >= 15 is 0 Å². The lowest BCUT2D eigenvalue weighted by Crippen LogP contribution is -2.06. The number of rotatable bonds is 3. The molecule has 1 rings (SSSR count). The van der Waals surface area contributed by atoms with E-state index in [0.29, 0.717) is 5.88 Å². The zero-order valence-electron chi connectivity index (χ0n) is 7.43. The standard InChI is InChI=1S/C8H10N2O3/c1-6(2)13-8-4-3-7(5-9-8)10(11)12/h3-6H,1-2H3. The predicted octanol–water partition coefficient (Wildman–Crippen LogP) is 1.78. The first-order valence-corrected chi connectivity index (χ1v) is 3.86. The fourth-order valence-electron chi connectivity index (χ4n) is 0.792. The van der Waals surface area contributed by atoms with E-state index in [0.717, 1.165) is 0 Å². The first-order chi connectivity index (χ1) is 6.09. The Morgan fingerprint density at radius 3 is 2.62 bits per heavy atom. The van der Waals surface area contributed by atoms with Crippen molar-refractivity contribution >= 4 is 5.69 Å². The molecule has 5 nitrogen and oxygen atoms in total. The second-order valence-electron chi connectivity index (χ2n) is 2.78. The average Bonchev–Trinajstić information content (AvgIpc) is 2.04. The van der Waals surface area contributed by atoms with Gasteiger partial charge in [0.05, 0.1) is 11.0 Å². The quantitative estimate of drug-likeness (QED) is 0.527. The molecule has 0 atom stereocenters. The first kappa shape index (κ1) is 9.44. The molecule has 1 aromatic rings. The van der Waals surface area contributed by atoms with Crippen molar-refractivity contribution < 1.29 is 9.66 Å². The number of nitro groups is 1. The number of pyridine rings is 1. The van der Waals surface area contributed by atoms with Crippen LogP contribution in [0.25, 0.3) is 0 Å². The molecule has 1 aromatic heterocycles. The number of hydrogen-bond donors (Lipinski definition) is 0. The van der Waals surface area contributed by atoms with Gasteiger partial charge < -0.3 is 4.74 Å². The number of aromatic nitrogens is 1. The highest BCUT2D eigenvalue weighted by atomic mass is 16.6. The molecule has 0 bridgehead atoms. The Balaban J connectivity index is 2.75. The van der Waals surface area contributed by atoms with E-state index in [1.807, 2.05) is 13.8 Å². The van der Waals surface area contributed by atoms with E-state index in [2.05, 4.69) is 4.98 Å². The van der Waals surface area contributed by atoms with Crippen LogP contribution in [0.4, 0.5) is 5.69 Å². The summed E-state index contributed by atoms with van der Waals surface area (Å²) in [7, 11) is 0. The molecule has 0 radical (unpaired) electrons. The van der Waals surface area contributed by atoms with Crippen molar-refractivity contribution in [1.82, 2.24) is 4.98 Å². The van der Waals surface area contributed by atoms with Gasteiger partial charge in [0.25, 0.3) is 5.69 Å². The predicted molar refractivity (Wildman–Crippen MR) is 46.7 cm³/mol. The number of ether oxygens (including phenoxy) is 1. The van der Waals surface area contributed by atoms with Gasteiger partial charge in [-0.1, -0.05) is 0 Å². The Hall–Kier alpha value is -1.65. The third-order valence-electron chi connectivity index (χ3n) is 1.29. The van der Waals surface area contributed by atoms with Crippen molar-refractivity contribution in [1.29, 1.82) is 0 Å². The van der Waals surface area contributed by atoms with Gasteiger partial charge in [-0.25, -0.2) is 4.98 Å². The summed E-state index contributed by atoms with van der Waals surface area (Å²) in [5, 5.41) is 10.3. The summed E-state index contributed by atoms with van der Waals surface area (Å²) in [6, 6.07) is 2.85. The maximum atomic E-state index is 10.3. The van der Waals surface area contributed by atoms with Crippen LogP contribution in [0.3, 0.4) is 0 Å². The van der Waals surface area contributed by atoms with Gasteiger partial charge in [0, 0.05) is 12.1 Å². The summed E-state index contributed by atoms with van der Waals surface area (Å²) >= 11 is 0. The summed E-state index contributed by atoms with van der Waals surface area (Å²) in [6.07, 6.45) is 1.20. The normalized spacial score (nSPS) is 10.1. The highest BCUT2D eigenvalue weighted by molar-refractivity contribution is 5.28. The van der Waals surface area contributed by atoms with Gasteiger partial charge >= 0.3 is 0 Å². The molecule has 0 unspecified atom stereocenters. The van der Waals surface area contributed by atoms with Crippen molar-refractivity contribution in [2.45, 2.75) is 20.0 Å². The summed E-state index contributed by atoms with van der Waals surface area (Å²) in [6.45, 7) is 3.73. The Morgan fingerprint density at radius 2 is 2.23 bits per heavy atom. The van der Waals surface area contributed by atoms with E-state index in [-0.39, 0.29) is 11.8 Å². The van der Waals surface area contributed by atoms with Gasteiger partial charge in [-0.2, -0.15) is 0 Å². The van der Waals surface area contributed by atoms with Gasteiger partial charge in [0.15, 0.2) is 0 Å². The van der Waals surface area contributed by atoms with Crippen LogP contribution in [0.2, 0.25) is 0 Å². The summed E-state index contributed by atoms with van der Waals surface area (Å²) in [5.41, 5.74) is -0.0314. The Morgan fingerprint density at radius 1 is 1.54 bits per heavy atom. The fraction of sp³-hybridized carbons (Fsp3) is 0.375. The molecule has 1 heterocycles. The van der Waals surface area contributed by atoms with Crippen molar-refractivity contribution in [3.8, 4) is 5.88 Å². The Labute approximate surface area is 75.5 Å². The second-order valence-corrected chi connectivity index (χ2v) is 2.78. The maximum Gasteiger partial charge on any atom is 0.287 e. The van der Waals surface area contributed by atoms with E-state index in [4.69, 9.17) is 4.74 Å². The molecule has 13 heavy (non-hydrogen) atoms. The minimum atomic E-state index is -0.494. The summed E-state index contributed by atoms with van der Waals surface area (Å²) in [5.74, 6) is 0.403. The molecule has 0 fully saturated rings. The SMILES string of the molecule is CC(C)Oc1ccc([N+](=O)[O-])cn1. The lowest BCUT2D eigenvalue weighted by Gasteiger charge is -2.06. The molecule has 0 aliphatic rings. The van der Waals surface area contributed by atoms with Crippen molar-refractivity contribution in [2.75, 3.05) is 0 Å². The molecule has 0 spiro atoms. The van der Waals surface area contributed by atoms with Crippen LogP contribution in [-0.4, -0.2) is 16.0 Å². The van der Waals surface area contributed by atoms with Crippen LogP contribution >= 0.6 is 0 Å². The summed E-state index contributed by atoms with van der Waals surface area (Å²) in [4.78, 5) is 13.5. The molecule has 70 valence electrons. The van der Waals surface area contributed by atoms with E-state index in [1.54, 1.807) is 0 Å². The van der Waals surface area contributed by atoms with Crippen LogP contribution in [0.5, 0.6) is 5.88 Å². The van der Waals surface area contributed by atoms with Crippen molar-refractivity contribution in [2.24, 2.45) is 0 Å². The monoisotopic (exact) mass is 182 g/mol.